The van der Waals surface area contributed by atoms with Gasteiger partial charge in [-0.3, -0.25) is 4.90 Å². The zero-order chi connectivity index (χ0) is 16.1. The molecule has 0 aliphatic carbocycles. The van der Waals surface area contributed by atoms with E-state index in [1.165, 1.54) is 0 Å². The Morgan fingerprint density at radius 3 is 2.77 bits per heavy atom. The van der Waals surface area contributed by atoms with E-state index in [4.69, 9.17) is 5.11 Å². The van der Waals surface area contributed by atoms with Crippen LogP contribution in [0.2, 0.25) is 0 Å². The molecule has 2 atom stereocenters. The van der Waals surface area contributed by atoms with Crippen LogP contribution in [0.4, 0.5) is 4.39 Å². The van der Waals surface area contributed by atoms with Crippen molar-refractivity contribution in [2.24, 2.45) is 5.92 Å². The number of aliphatic hydroxyl groups excluding tert-OH is 1. The van der Waals surface area contributed by atoms with Gasteiger partial charge in [-0.25, -0.2) is 4.39 Å². The van der Waals surface area contributed by atoms with Crippen LogP contribution in [0.5, 0.6) is 0 Å². The second-order valence-corrected chi connectivity index (χ2v) is 6.78. The molecule has 0 radical (unpaired) electrons. The summed E-state index contributed by atoms with van der Waals surface area (Å²) in [6, 6.07) is 6.07. The van der Waals surface area contributed by atoms with Crippen molar-refractivity contribution in [3.8, 4) is 0 Å². The molecule has 1 aliphatic rings. The number of hydrogen-bond acceptors (Lipinski definition) is 3. The lowest BCUT2D eigenvalue weighted by molar-refractivity contribution is 0.0711. The van der Waals surface area contributed by atoms with Crippen molar-refractivity contribution in [2.45, 2.75) is 38.8 Å². The molecule has 0 unspecified atom stereocenters. The second kappa shape index (κ2) is 8.04. The van der Waals surface area contributed by atoms with Crippen molar-refractivity contribution >= 4 is 0 Å². The van der Waals surface area contributed by atoms with Gasteiger partial charge in [-0.05, 0) is 64.4 Å². The van der Waals surface area contributed by atoms with Crippen molar-refractivity contribution in [1.29, 1.82) is 0 Å². The van der Waals surface area contributed by atoms with Crippen LogP contribution >= 0.6 is 0 Å². The van der Waals surface area contributed by atoms with E-state index in [0.29, 0.717) is 18.5 Å². The molecule has 0 bridgehead atoms. The molecule has 1 fully saturated rings. The first-order valence-electron chi connectivity index (χ1n) is 8.26. The number of halogens is 1. The molecule has 2 rings (SSSR count). The van der Waals surface area contributed by atoms with E-state index in [2.05, 4.69) is 23.9 Å². The van der Waals surface area contributed by atoms with E-state index < -0.39 is 0 Å². The summed E-state index contributed by atoms with van der Waals surface area (Å²) >= 11 is 0. The van der Waals surface area contributed by atoms with Gasteiger partial charge in [0.05, 0.1) is 0 Å². The van der Waals surface area contributed by atoms with E-state index >= 15 is 0 Å². The third-order valence-electron chi connectivity index (χ3n) is 4.78. The predicted molar refractivity (Wildman–Crippen MR) is 88.3 cm³/mol. The fraction of sp³-hybridized carbons (Fsp3) is 0.667. The maximum absolute atomic E-state index is 14.0. The van der Waals surface area contributed by atoms with Crippen LogP contribution in [0.3, 0.4) is 0 Å². The lowest BCUT2D eigenvalue weighted by atomic mass is 9.87. The number of hydrogen-bond donors (Lipinski definition) is 1. The molecule has 3 nitrogen and oxygen atoms in total. The summed E-state index contributed by atoms with van der Waals surface area (Å²) in [7, 11) is 4.26. The Morgan fingerprint density at radius 2 is 2.14 bits per heavy atom. The van der Waals surface area contributed by atoms with Gasteiger partial charge in [0.15, 0.2) is 0 Å². The van der Waals surface area contributed by atoms with Gasteiger partial charge in [0, 0.05) is 31.3 Å². The Kier molecular flexibility index (Phi) is 6.36. The van der Waals surface area contributed by atoms with E-state index in [0.717, 1.165) is 43.5 Å². The normalized spacial score (nSPS) is 23.2. The molecule has 22 heavy (non-hydrogen) atoms. The molecule has 1 aromatic rings. The zero-order valence-corrected chi connectivity index (χ0v) is 14.1. The molecule has 0 aromatic heterocycles. The quantitative estimate of drug-likeness (QED) is 0.875. The van der Waals surface area contributed by atoms with Crippen molar-refractivity contribution in [3.63, 3.8) is 0 Å². The van der Waals surface area contributed by atoms with Crippen LogP contribution in [0.15, 0.2) is 18.2 Å². The Morgan fingerprint density at radius 1 is 1.36 bits per heavy atom. The number of likely N-dealkylation sites (tertiary alicyclic amines) is 1. The number of aryl methyl sites for hydroxylation is 1. The molecule has 0 spiro atoms. The van der Waals surface area contributed by atoms with Gasteiger partial charge in [0.1, 0.15) is 5.82 Å². The first-order chi connectivity index (χ1) is 10.5. The zero-order valence-electron chi connectivity index (χ0n) is 14.1. The molecule has 124 valence electrons. The van der Waals surface area contributed by atoms with Gasteiger partial charge in [-0.2, -0.15) is 0 Å². The lowest BCUT2D eigenvalue weighted by Crippen LogP contribution is -2.48. The van der Waals surface area contributed by atoms with Crippen LogP contribution in [0, 0.1) is 18.7 Å². The highest BCUT2D eigenvalue weighted by atomic mass is 19.1. The Hall–Kier alpha value is -0.970. The molecule has 4 heteroatoms. The average Bonchev–Trinajstić information content (AvgIpc) is 2.48. The monoisotopic (exact) mass is 308 g/mol. The Labute approximate surface area is 133 Å². The Bertz CT molecular complexity index is 478. The van der Waals surface area contributed by atoms with Gasteiger partial charge < -0.3 is 10.0 Å². The third-order valence-corrected chi connectivity index (χ3v) is 4.78. The third kappa shape index (κ3) is 4.51. The minimum Gasteiger partial charge on any atom is -0.396 e. The summed E-state index contributed by atoms with van der Waals surface area (Å²) in [5.74, 6) is 0.450. The van der Waals surface area contributed by atoms with Crippen LogP contribution in [0.1, 0.15) is 30.4 Å². The SMILES string of the molecule is Cc1ccc(CN2CC[C@@H](N(C)C)[C@@H](CCCO)C2)c(F)c1. The van der Waals surface area contributed by atoms with Gasteiger partial charge in [-0.15, -0.1) is 0 Å². The first kappa shape index (κ1) is 17.4. The fourth-order valence-corrected chi connectivity index (χ4v) is 3.58. The van der Waals surface area contributed by atoms with Gasteiger partial charge in [0.2, 0.25) is 0 Å². The molecular formula is C18H29FN2O. The Balaban J connectivity index is 2.00. The highest BCUT2D eigenvalue weighted by Gasteiger charge is 2.30. The molecule has 1 aromatic carbocycles. The van der Waals surface area contributed by atoms with Gasteiger partial charge in [0.25, 0.3) is 0 Å². The van der Waals surface area contributed by atoms with Gasteiger partial charge >= 0.3 is 0 Å². The average molecular weight is 308 g/mol. The summed E-state index contributed by atoms with van der Waals surface area (Å²) in [5.41, 5.74) is 1.75. The summed E-state index contributed by atoms with van der Waals surface area (Å²) in [4.78, 5) is 4.65. The van der Waals surface area contributed by atoms with Crippen molar-refractivity contribution in [2.75, 3.05) is 33.8 Å². The molecule has 1 heterocycles. The molecule has 1 N–H and O–H groups in total. The number of rotatable bonds is 6. The summed E-state index contributed by atoms with van der Waals surface area (Å²) in [6.07, 6.45) is 2.99. The predicted octanol–water partition coefficient (Wildman–Crippen LogP) is 2.66. The maximum Gasteiger partial charge on any atom is 0.127 e. The van der Waals surface area contributed by atoms with Crippen LogP contribution in [-0.4, -0.2) is 54.7 Å². The molecular weight excluding hydrogens is 279 g/mol. The topological polar surface area (TPSA) is 26.7 Å². The van der Waals surface area contributed by atoms with Gasteiger partial charge in [-0.1, -0.05) is 12.1 Å². The fourth-order valence-electron chi connectivity index (χ4n) is 3.58. The second-order valence-electron chi connectivity index (χ2n) is 6.78. The van der Waals surface area contributed by atoms with E-state index in [1.807, 2.05) is 19.1 Å². The largest absolute Gasteiger partial charge is 0.396 e. The van der Waals surface area contributed by atoms with Crippen LogP contribution in [-0.2, 0) is 6.54 Å². The number of benzene rings is 1. The summed E-state index contributed by atoms with van der Waals surface area (Å²) < 4.78 is 14.0. The van der Waals surface area contributed by atoms with Crippen LogP contribution in [0.25, 0.3) is 0 Å². The minimum atomic E-state index is -0.0957. The van der Waals surface area contributed by atoms with Crippen molar-refractivity contribution in [3.05, 3.63) is 35.1 Å². The molecule has 1 aliphatic heterocycles. The van der Waals surface area contributed by atoms with E-state index in [9.17, 15) is 4.39 Å². The number of piperidine rings is 1. The van der Waals surface area contributed by atoms with E-state index in [-0.39, 0.29) is 12.4 Å². The first-order valence-corrected chi connectivity index (χ1v) is 8.26. The smallest absolute Gasteiger partial charge is 0.127 e. The summed E-state index contributed by atoms with van der Waals surface area (Å²) in [6.45, 7) is 4.84. The number of aliphatic hydroxyl groups is 1. The van der Waals surface area contributed by atoms with Crippen LogP contribution < -0.4 is 0 Å². The minimum absolute atomic E-state index is 0.0957. The standard InChI is InChI=1S/C18H29FN2O/c1-14-6-7-15(17(19)11-14)12-21-9-8-18(20(2)3)16(13-21)5-4-10-22/h6-7,11,16,18,22H,4-5,8-10,12-13H2,1-3H3/t16-,18+/m0/s1. The molecule has 1 saturated heterocycles. The molecule has 0 amide bonds. The molecule has 0 saturated carbocycles. The lowest BCUT2D eigenvalue weighted by Gasteiger charge is -2.41. The maximum atomic E-state index is 14.0. The number of nitrogens with zero attached hydrogens (tertiary/aromatic N) is 2. The highest BCUT2D eigenvalue weighted by molar-refractivity contribution is 5.23. The van der Waals surface area contributed by atoms with E-state index in [1.54, 1.807) is 6.07 Å². The highest BCUT2D eigenvalue weighted by Crippen LogP contribution is 2.26. The summed E-state index contributed by atoms with van der Waals surface area (Å²) in [5, 5.41) is 9.11. The van der Waals surface area contributed by atoms with Crippen molar-refractivity contribution in [1.82, 2.24) is 9.80 Å². The van der Waals surface area contributed by atoms with Crippen molar-refractivity contribution < 1.29 is 9.50 Å².